The molecule has 0 unspecified atom stereocenters. The maximum atomic E-state index is 2.40. The number of fused-ring (bicyclic) bond motifs is 8. The van der Waals surface area contributed by atoms with Gasteiger partial charge in [-0.1, -0.05) is 109 Å². The summed E-state index contributed by atoms with van der Waals surface area (Å²) in [5, 5.41) is 15.5. The van der Waals surface area contributed by atoms with Crippen LogP contribution < -0.4 is 0 Å². The Hall–Kier alpha value is -4.68. The van der Waals surface area contributed by atoms with Crippen LogP contribution >= 0.6 is 0 Å². The van der Waals surface area contributed by atoms with E-state index >= 15 is 0 Å². The van der Waals surface area contributed by atoms with Crippen LogP contribution in [0.2, 0.25) is 0 Å². The highest BCUT2D eigenvalue weighted by molar-refractivity contribution is 6.18. The Morgan fingerprint density at radius 1 is 0.222 bits per heavy atom. The molecular formula is C36H22. The van der Waals surface area contributed by atoms with E-state index in [2.05, 4.69) is 133 Å². The molecule has 8 aromatic rings. The number of hydrogen-bond donors (Lipinski definition) is 0. The van der Waals surface area contributed by atoms with Crippen LogP contribution in [0.1, 0.15) is 0 Å². The molecule has 0 nitrogen and oxygen atoms in total. The maximum Gasteiger partial charge on any atom is -0.00986 e. The maximum absolute atomic E-state index is 2.40. The van der Waals surface area contributed by atoms with E-state index < -0.39 is 0 Å². The van der Waals surface area contributed by atoms with Crippen molar-refractivity contribution in [2.24, 2.45) is 0 Å². The Morgan fingerprint density at radius 3 is 1.31 bits per heavy atom. The lowest BCUT2D eigenvalue weighted by Gasteiger charge is -2.14. The van der Waals surface area contributed by atoms with Crippen LogP contribution in [-0.4, -0.2) is 0 Å². The van der Waals surface area contributed by atoms with Gasteiger partial charge in [0.05, 0.1) is 0 Å². The van der Waals surface area contributed by atoms with Gasteiger partial charge in [0.25, 0.3) is 0 Å². The molecule has 8 rings (SSSR count). The van der Waals surface area contributed by atoms with Crippen molar-refractivity contribution < 1.29 is 0 Å². The second kappa shape index (κ2) is 7.41. The molecule has 36 heavy (non-hydrogen) atoms. The topological polar surface area (TPSA) is 0 Å². The van der Waals surface area contributed by atoms with E-state index in [0.29, 0.717) is 0 Å². The van der Waals surface area contributed by atoms with Gasteiger partial charge in [-0.05, 0) is 100 Å². The first-order chi connectivity index (χ1) is 17.8. The standard InChI is InChI=1S/C36H22/c1-3-11-29-23(7-1)16-18-28-21-34-26(20-33(28)29)10-6-13-31(34)32-14-5-9-25-19-27-17-15-24-8-2-4-12-30(24)35(27)22-36(25)32/h1-22H. The number of benzene rings is 8. The van der Waals surface area contributed by atoms with Gasteiger partial charge < -0.3 is 0 Å². The monoisotopic (exact) mass is 454 g/mol. The Labute approximate surface area is 209 Å². The van der Waals surface area contributed by atoms with Crippen LogP contribution in [0.3, 0.4) is 0 Å². The molecule has 0 aliphatic rings. The molecule has 0 aliphatic heterocycles. The summed E-state index contributed by atoms with van der Waals surface area (Å²) in [5.74, 6) is 0. The predicted molar refractivity (Wildman–Crippen MR) is 157 cm³/mol. The Balaban J connectivity index is 1.45. The zero-order valence-corrected chi connectivity index (χ0v) is 19.7. The van der Waals surface area contributed by atoms with Crippen LogP contribution in [0, 0.1) is 0 Å². The Morgan fingerprint density at radius 2 is 0.639 bits per heavy atom. The molecular weight excluding hydrogens is 432 g/mol. The van der Waals surface area contributed by atoms with Gasteiger partial charge in [-0.3, -0.25) is 0 Å². The highest BCUT2D eigenvalue weighted by Crippen LogP contribution is 2.39. The molecule has 0 N–H and O–H groups in total. The zero-order chi connectivity index (χ0) is 23.6. The van der Waals surface area contributed by atoms with Crippen molar-refractivity contribution in [2.45, 2.75) is 0 Å². The van der Waals surface area contributed by atoms with Gasteiger partial charge in [0.15, 0.2) is 0 Å². The summed E-state index contributed by atoms with van der Waals surface area (Å²) >= 11 is 0. The zero-order valence-electron chi connectivity index (χ0n) is 19.7. The molecule has 0 amide bonds. The van der Waals surface area contributed by atoms with Crippen LogP contribution in [0.15, 0.2) is 133 Å². The van der Waals surface area contributed by atoms with Gasteiger partial charge in [-0.25, -0.2) is 0 Å². The van der Waals surface area contributed by atoms with E-state index in [-0.39, 0.29) is 0 Å². The molecule has 0 fully saturated rings. The minimum atomic E-state index is 1.28. The molecule has 0 saturated heterocycles. The predicted octanol–water partition coefficient (Wildman–Crippen LogP) is 10.3. The first-order valence-electron chi connectivity index (χ1n) is 12.5. The van der Waals surface area contributed by atoms with Crippen molar-refractivity contribution in [2.75, 3.05) is 0 Å². The van der Waals surface area contributed by atoms with Crippen LogP contribution in [0.25, 0.3) is 75.8 Å². The molecule has 0 aromatic heterocycles. The van der Waals surface area contributed by atoms with Crippen LogP contribution in [0.4, 0.5) is 0 Å². The molecule has 0 heterocycles. The second-order valence-corrected chi connectivity index (χ2v) is 9.77. The largest absolute Gasteiger partial charge is 0.0616 e. The molecule has 0 atom stereocenters. The fourth-order valence-corrected chi connectivity index (χ4v) is 6.03. The highest BCUT2D eigenvalue weighted by atomic mass is 14.1. The third kappa shape index (κ3) is 2.82. The summed E-state index contributed by atoms with van der Waals surface area (Å²) < 4.78 is 0. The SMILES string of the molecule is c1cc(-c2cccc3cc4ccc5ccccc5c4cc23)c2cc3ccc4ccccc4c3cc2c1. The smallest absolute Gasteiger partial charge is 0.00986 e. The van der Waals surface area contributed by atoms with Crippen molar-refractivity contribution in [3.8, 4) is 11.1 Å². The molecule has 0 spiro atoms. The molecule has 0 radical (unpaired) electrons. The quantitative estimate of drug-likeness (QED) is 0.171. The third-order valence-corrected chi connectivity index (χ3v) is 7.78. The number of hydrogen-bond acceptors (Lipinski definition) is 0. The van der Waals surface area contributed by atoms with Gasteiger partial charge in [-0.15, -0.1) is 0 Å². The summed E-state index contributed by atoms with van der Waals surface area (Å²) in [6, 6.07) is 49.2. The summed E-state index contributed by atoms with van der Waals surface area (Å²) in [6.45, 7) is 0. The van der Waals surface area contributed by atoms with Gasteiger partial charge in [0.1, 0.15) is 0 Å². The van der Waals surface area contributed by atoms with E-state index in [1.165, 1.54) is 75.8 Å². The lowest BCUT2D eigenvalue weighted by molar-refractivity contribution is 1.71. The van der Waals surface area contributed by atoms with E-state index in [0.717, 1.165) is 0 Å². The van der Waals surface area contributed by atoms with Crippen molar-refractivity contribution in [1.82, 2.24) is 0 Å². The second-order valence-electron chi connectivity index (χ2n) is 9.77. The Kier molecular flexibility index (Phi) is 4.03. The molecule has 0 saturated carbocycles. The molecule has 166 valence electrons. The van der Waals surface area contributed by atoms with E-state index in [1.54, 1.807) is 0 Å². The minimum Gasteiger partial charge on any atom is -0.0616 e. The van der Waals surface area contributed by atoms with Gasteiger partial charge in [0, 0.05) is 0 Å². The first kappa shape index (κ1) is 19.6. The molecule has 0 aliphatic carbocycles. The third-order valence-electron chi connectivity index (χ3n) is 7.78. The molecule has 8 aromatic carbocycles. The summed E-state index contributed by atoms with van der Waals surface area (Å²) in [7, 11) is 0. The van der Waals surface area contributed by atoms with E-state index in [1.807, 2.05) is 0 Å². The Bertz CT molecular complexity index is 2150. The van der Waals surface area contributed by atoms with Crippen molar-refractivity contribution >= 4 is 64.6 Å². The summed E-state index contributed by atoms with van der Waals surface area (Å²) in [6.07, 6.45) is 0. The fourth-order valence-electron chi connectivity index (χ4n) is 6.03. The van der Waals surface area contributed by atoms with Gasteiger partial charge >= 0.3 is 0 Å². The lowest BCUT2D eigenvalue weighted by atomic mass is 9.90. The molecule has 0 bridgehead atoms. The lowest BCUT2D eigenvalue weighted by Crippen LogP contribution is -1.87. The van der Waals surface area contributed by atoms with Crippen molar-refractivity contribution in [3.05, 3.63) is 133 Å². The number of rotatable bonds is 1. The van der Waals surface area contributed by atoms with E-state index in [9.17, 15) is 0 Å². The highest BCUT2D eigenvalue weighted by Gasteiger charge is 2.11. The van der Waals surface area contributed by atoms with Crippen molar-refractivity contribution in [3.63, 3.8) is 0 Å². The van der Waals surface area contributed by atoms with Crippen molar-refractivity contribution in [1.29, 1.82) is 0 Å². The van der Waals surface area contributed by atoms with Gasteiger partial charge in [-0.2, -0.15) is 0 Å². The average Bonchev–Trinajstić information content (AvgIpc) is 2.94. The fraction of sp³-hybridized carbons (Fsp3) is 0. The average molecular weight is 455 g/mol. The van der Waals surface area contributed by atoms with Crippen LogP contribution in [0.5, 0.6) is 0 Å². The van der Waals surface area contributed by atoms with E-state index in [4.69, 9.17) is 0 Å². The molecule has 0 heteroatoms. The van der Waals surface area contributed by atoms with Gasteiger partial charge in [0.2, 0.25) is 0 Å². The summed E-state index contributed by atoms with van der Waals surface area (Å²) in [5.41, 5.74) is 2.57. The minimum absolute atomic E-state index is 1.28. The first-order valence-corrected chi connectivity index (χ1v) is 12.5. The van der Waals surface area contributed by atoms with Crippen LogP contribution in [-0.2, 0) is 0 Å². The normalized spacial score (nSPS) is 11.9. The summed E-state index contributed by atoms with van der Waals surface area (Å²) in [4.78, 5) is 0.